The van der Waals surface area contributed by atoms with Gasteiger partial charge in [-0.1, -0.05) is 13.8 Å². The highest BCUT2D eigenvalue weighted by molar-refractivity contribution is 5.82. The zero-order valence-corrected chi connectivity index (χ0v) is 9.90. The molecule has 0 aliphatic heterocycles. The lowest BCUT2D eigenvalue weighted by atomic mass is 10.0. The molecule has 0 fully saturated rings. The van der Waals surface area contributed by atoms with Gasteiger partial charge in [0.15, 0.2) is 6.10 Å². The lowest BCUT2D eigenvalue weighted by Gasteiger charge is -2.15. The number of methoxy groups -OCH3 is 1. The fourth-order valence-electron chi connectivity index (χ4n) is 1.16. The van der Waals surface area contributed by atoms with E-state index in [-0.39, 0.29) is 12.5 Å². The number of hydrogen-bond donors (Lipinski definition) is 3. The van der Waals surface area contributed by atoms with Gasteiger partial charge in [0.1, 0.15) is 0 Å². The van der Waals surface area contributed by atoms with Gasteiger partial charge in [-0.05, 0) is 12.3 Å². The summed E-state index contributed by atoms with van der Waals surface area (Å²) in [5.74, 6) is -0.847. The van der Waals surface area contributed by atoms with E-state index < -0.39 is 18.1 Å². The molecular weight excluding hydrogens is 212 g/mol. The minimum Gasteiger partial charge on any atom is -0.467 e. The van der Waals surface area contributed by atoms with E-state index in [0.29, 0.717) is 12.3 Å². The summed E-state index contributed by atoms with van der Waals surface area (Å²) in [6.07, 6.45) is -0.791. The Hall–Kier alpha value is -1.14. The third kappa shape index (κ3) is 5.67. The average Bonchev–Trinajstić information content (AvgIpc) is 2.23. The maximum atomic E-state index is 11.4. The molecule has 1 amide bonds. The van der Waals surface area contributed by atoms with Gasteiger partial charge in [0, 0.05) is 0 Å². The number of ether oxygens (including phenoxy) is 1. The summed E-state index contributed by atoms with van der Waals surface area (Å²) in [6.45, 7) is 3.73. The Balaban J connectivity index is 3.93. The Kier molecular flexibility index (Phi) is 6.67. The predicted molar refractivity (Wildman–Crippen MR) is 58.5 cm³/mol. The summed E-state index contributed by atoms with van der Waals surface area (Å²) >= 11 is 0. The third-order valence-electron chi connectivity index (χ3n) is 2.01. The molecule has 0 aliphatic rings. The fourth-order valence-corrected chi connectivity index (χ4v) is 1.16. The van der Waals surface area contributed by atoms with E-state index in [1.165, 1.54) is 0 Å². The lowest BCUT2D eigenvalue weighted by molar-refractivity contribution is -0.150. The van der Waals surface area contributed by atoms with E-state index in [4.69, 9.17) is 5.73 Å². The van der Waals surface area contributed by atoms with Crippen LogP contribution in [0.2, 0.25) is 0 Å². The van der Waals surface area contributed by atoms with Crippen LogP contribution in [0.1, 0.15) is 20.3 Å². The Labute approximate surface area is 95.1 Å². The molecule has 0 heterocycles. The van der Waals surface area contributed by atoms with Crippen molar-refractivity contribution in [3.8, 4) is 0 Å². The summed E-state index contributed by atoms with van der Waals surface area (Å²) in [5.41, 5.74) is 5.60. The van der Waals surface area contributed by atoms with Gasteiger partial charge in [0.05, 0.1) is 19.7 Å². The fraction of sp³-hybridized carbons (Fsp3) is 0.800. The van der Waals surface area contributed by atoms with Crippen molar-refractivity contribution in [2.24, 2.45) is 11.7 Å². The molecule has 2 unspecified atom stereocenters. The second-order valence-electron chi connectivity index (χ2n) is 4.02. The number of esters is 1. The van der Waals surface area contributed by atoms with Crippen molar-refractivity contribution in [2.75, 3.05) is 13.7 Å². The molecule has 0 saturated heterocycles. The summed E-state index contributed by atoms with van der Waals surface area (Å²) in [5, 5.41) is 11.6. The van der Waals surface area contributed by atoms with E-state index in [1.807, 2.05) is 13.8 Å². The number of nitrogens with one attached hydrogen (secondary N) is 1. The summed E-state index contributed by atoms with van der Waals surface area (Å²) < 4.78 is 4.30. The van der Waals surface area contributed by atoms with Crippen molar-refractivity contribution in [1.82, 2.24) is 5.32 Å². The Bertz CT molecular complexity index is 243. The van der Waals surface area contributed by atoms with Crippen LogP contribution in [0.15, 0.2) is 0 Å². The normalized spacial score (nSPS) is 14.4. The number of rotatable bonds is 6. The van der Waals surface area contributed by atoms with E-state index in [0.717, 1.165) is 7.11 Å². The number of carbonyl (C=O) groups is 2. The Morgan fingerprint density at radius 3 is 2.44 bits per heavy atom. The maximum absolute atomic E-state index is 11.4. The molecular formula is C10H20N2O4. The molecule has 0 saturated carbocycles. The molecule has 0 rings (SSSR count). The van der Waals surface area contributed by atoms with Crippen molar-refractivity contribution < 1.29 is 19.4 Å². The molecule has 0 radical (unpaired) electrons. The van der Waals surface area contributed by atoms with Crippen LogP contribution >= 0.6 is 0 Å². The molecule has 16 heavy (non-hydrogen) atoms. The molecule has 4 N–H and O–H groups in total. The van der Waals surface area contributed by atoms with Gasteiger partial charge in [-0.15, -0.1) is 0 Å². The highest BCUT2D eigenvalue weighted by atomic mass is 16.5. The first-order valence-corrected chi connectivity index (χ1v) is 5.17. The second-order valence-corrected chi connectivity index (χ2v) is 4.02. The first-order valence-electron chi connectivity index (χ1n) is 5.17. The van der Waals surface area contributed by atoms with Gasteiger partial charge in [-0.2, -0.15) is 0 Å². The van der Waals surface area contributed by atoms with Crippen molar-refractivity contribution in [2.45, 2.75) is 32.4 Å². The van der Waals surface area contributed by atoms with Gasteiger partial charge in [0.25, 0.3) is 0 Å². The first kappa shape index (κ1) is 14.9. The minimum atomic E-state index is -1.35. The number of amides is 1. The van der Waals surface area contributed by atoms with Crippen LogP contribution in [0.5, 0.6) is 0 Å². The van der Waals surface area contributed by atoms with Crippen molar-refractivity contribution in [3.63, 3.8) is 0 Å². The largest absolute Gasteiger partial charge is 0.467 e. The number of nitrogens with two attached hydrogens (primary N) is 1. The molecule has 2 atom stereocenters. The zero-order chi connectivity index (χ0) is 12.7. The molecule has 0 aromatic heterocycles. The highest BCUT2D eigenvalue weighted by Gasteiger charge is 2.19. The number of carbonyl (C=O) groups excluding carboxylic acids is 2. The molecule has 0 aliphatic carbocycles. The van der Waals surface area contributed by atoms with E-state index in [9.17, 15) is 14.7 Å². The van der Waals surface area contributed by atoms with Crippen LogP contribution in [0.3, 0.4) is 0 Å². The standard InChI is InChI=1S/C10H20N2O4/c1-6(2)4-7(11)9(14)12-5-8(13)10(15)16-3/h6-8,13H,4-5,11H2,1-3H3,(H,12,14). The van der Waals surface area contributed by atoms with Gasteiger partial charge in [-0.3, -0.25) is 4.79 Å². The molecule has 0 aromatic rings. The van der Waals surface area contributed by atoms with Crippen LogP contribution in [-0.4, -0.2) is 42.8 Å². The van der Waals surface area contributed by atoms with Crippen LogP contribution in [0, 0.1) is 5.92 Å². The number of hydrogen-bond acceptors (Lipinski definition) is 5. The molecule has 0 spiro atoms. The topological polar surface area (TPSA) is 102 Å². The monoisotopic (exact) mass is 232 g/mol. The highest BCUT2D eigenvalue weighted by Crippen LogP contribution is 2.02. The predicted octanol–water partition coefficient (Wildman–Crippen LogP) is -0.990. The van der Waals surface area contributed by atoms with Gasteiger partial charge in [-0.25, -0.2) is 4.79 Å². The first-order chi connectivity index (χ1) is 7.38. The molecule has 94 valence electrons. The second kappa shape index (κ2) is 7.19. The third-order valence-corrected chi connectivity index (χ3v) is 2.01. The Morgan fingerprint density at radius 2 is 2.00 bits per heavy atom. The summed E-state index contributed by atoms with van der Waals surface area (Å²) in [6, 6.07) is -0.621. The molecule has 6 heteroatoms. The molecule has 6 nitrogen and oxygen atoms in total. The van der Waals surface area contributed by atoms with E-state index in [2.05, 4.69) is 10.1 Å². The number of aliphatic hydroxyl groups is 1. The smallest absolute Gasteiger partial charge is 0.336 e. The molecule has 0 aromatic carbocycles. The van der Waals surface area contributed by atoms with Gasteiger partial charge >= 0.3 is 5.97 Å². The quantitative estimate of drug-likeness (QED) is 0.510. The SMILES string of the molecule is COC(=O)C(O)CNC(=O)C(N)CC(C)C. The van der Waals surface area contributed by atoms with Crippen molar-refractivity contribution >= 4 is 11.9 Å². The molecule has 0 bridgehead atoms. The average molecular weight is 232 g/mol. The van der Waals surface area contributed by atoms with Crippen molar-refractivity contribution in [3.05, 3.63) is 0 Å². The van der Waals surface area contributed by atoms with Crippen LogP contribution in [-0.2, 0) is 14.3 Å². The summed E-state index contributed by atoms with van der Waals surface area (Å²) in [7, 11) is 1.16. The van der Waals surface area contributed by atoms with Crippen LogP contribution in [0.4, 0.5) is 0 Å². The van der Waals surface area contributed by atoms with Gasteiger partial charge < -0.3 is 20.9 Å². The van der Waals surface area contributed by atoms with Crippen LogP contribution < -0.4 is 11.1 Å². The minimum absolute atomic E-state index is 0.183. The maximum Gasteiger partial charge on any atom is 0.336 e. The van der Waals surface area contributed by atoms with Crippen LogP contribution in [0.25, 0.3) is 0 Å². The number of aliphatic hydroxyl groups excluding tert-OH is 1. The summed E-state index contributed by atoms with van der Waals surface area (Å²) in [4.78, 5) is 22.2. The Morgan fingerprint density at radius 1 is 1.44 bits per heavy atom. The lowest BCUT2D eigenvalue weighted by Crippen LogP contribution is -2.45. The van der Waals surface area contributed by atoms with Crippen molar-refractivity contribution in [1.29, 1.82) is 0 Å². The van der Waals surface area contributed by atoms with E-state index in [1.54, 1.807) is 0 Å². The van der Waals surface area contributed by atoms with E-state index >= 15 is 0 Å². The zero-order valence-electron chi connectivity index (χ0n) is 9.90. The van der Waals surface area contributed by atoms with Gasteiger partial charge in [0.2, 0.25) is 5.91 Å².